The van der Waals surface area contributed by atoms with Crippen molar-refractivity contribution in [2.45, 2.75) is 51.9 Å². The first-order chi connectivity index (χ1) is 9.20. The minimum absolute atomic E-state index is 0.771. The molecule has 2 nitrogen and oxygen atoms in total. The third-order valence-electron chi connectivity index (χ3n) is 4.20. The summed E-state index contributed by atoms with van der Waals surface area (Å²) >= 11 is 3.77. The lowest BCUT2D eigenvalue weighted by Crippen LogP contribution is -2.11. The number of halogens is 1. The fourth-order valence-electron chi connectivity index (χ4n) is 3.14. The fourth-order valence-corrected chi connectivity index (χ4v) is 3.98. The second-order valence-corrected chi connectivity index (χ2v) is 6.15. The van der Waals surface area contributed by atoms with Gasteiger partial charge in [-0.25, -0.2) is 0 Å². The van der Waals surface area contributed by atoms with Crippen LogP contribution in [0.4, 0.5) is 0 Å². The lowest BCUT2D eigenvalue weighted by molar-refractivity contribution is 0.404. The Morgan fingerprint density at radius 3 is 2.47 bits per heavy atom. The number of methoxy groups -OCH3 is 1. The average Bonchev–Trinajstić information content (AvgIpc) is 2.44. The van der Waals surface area contributed by atoms with Crippen LogP contribution in [0.3, 0.4) is 0 Å². The summed E-state index contributed by atoms with van der Waals surface area (Å²) in [7, 11) is 1.78. The van der Waals surface area contributed by atoms with E-state index in [4.69, 9.17) is 10.5 Å². The topological polar surface area (TPSA) is 35.2 Å². The minimum Gasteiger partial charge on any atom is -0.495 e. The van der Waals surface area contributed by atoms with E-state index < -0.39 is 0 Å². The molecule has 2 rings (SSSR count). The molecule has 1 aromatic rings. The van der Waals surface area contributed by atoms with E-state index in [1.807, 2.05) is 0 Å². The Morgan fingerprint density at radius 1 is 1.16 bits per heavy atom. The third kappa shape index (κ3) is 2.97. The zero-order chi connectivity index (χ0) is 13.8. The second-order valence-electron chi connectivity index (χ2n) is 5.36. The molecule has 0 atom stereocenters. The first kappa shape index (κ1) is 14.9. The van der Waals surface area contributed by atoms with Crippen molar-refractivity contribution >= 4 is 15.9 Å². The quantitative estimate of drug-likeness (QED) is 0.832. The van der Waals surface area contributed by atoms with Crippen molar-refractivity contribution in [3.63, 3.8) is 0 Å². The van der Waals surface area contributed by atoms with Crippen molar-refractivity contribution in [3.8, 4) is 5.75 Å². The predicted molar refractivity (Wildman–Crippen MR) is 84.1 cm³/mol. The third-order valence-corrected chi connectivity index (χ3v) is 5.04. The molecule has 0 heterocycles. The van der Waals surface area contributed by atoms with Crippen LogP contribution in [0.25, 0.3) is 0 Å². The zero-order valence-electron chi connectivity index (χ0n) is 12.0. The van der Waals surface area contributed by atoms with E-state index in [0.717, 1.165) is 31.6 Å². The van der Waals surface area contributed by atoms with Crippen molar-refractivity contribution in [3.05, 3.63) is 26.7 Å². The number of rotatable bonds is 5. The van der Waals surface area contributed by atoms with Crippen LogP contribution < -0.4 is 10.5 Å². The summed E-state index contributed by atoms with van der Waals surface area (Å²) in [6.07, 6.45) is 8.29. The molecule has 1 aliphatic rings. The molecule has 0 bridgehead atoms. The number of unbranched alkanes of at least 4 members (excludes halogenated alkanes) is 1. The van der Waals surface area contributed by atoms with Gasteiger partial charge in [-0.15, -0.1) is 0 Å². The van der Waals surface area contributed by atoms with E-state index in [2.05, 4.69) is 22.9 Å². The van der Waals surface area contributed by atoms with Crippen molar-refractivity contribution in [2.75, 3.05) is 13.7 Å². The average molecular weight is 326 g/mol. The van der Waals surface area contributed by atoms with Crippen LogP contribution in [0.15, 0.2) is 4.47 Å². The number of hydrogen-bond donors (Lipinski definition) is 1. The fraction of sp³-hybridized carbons (Fsp3) is 0.625. The van der Waals surface area contributed by atoms with Gasteiger partial charge in [0.1, 0.15) is 5.75 Å². The van der Waals surface area contributed by atoms with E-state index in [9.17, 15) is 0 Å². The lowest BCUT2D eigenvalue weighted by atomic mass is 9.85. The summed E-state index contributed by atoms with van der Waals surface area (Å²) in [5.74, 6) is 1.05. The SMILES string of the molecule is COc1c(Br)c2c(c(C)c1CCCCN)CCCC2. The van der Waals surface area contributed by atoms with Gasteiger partial charge >= 0.3 is 0 Å². The standard InChI is InChI=1S/C16H24BrNO/c1-11-12-7-3-4-9-14(12)15(17)16(19-2)13(11)8-5-6-10-18/h3-10,18H2,1-2H3. The van der Waals surface area contributed by atoms with Crippen molar-refractivity contribution in [2.24, 2.45) is 5.73 Å². The molecule has 0 radical (unpaired) electrons. The molecule has 3 heteroatoms. The Kier molecular flexibility index (Phi) is 5.28. The van der Waals surface area contributed by atoms with Crippen LogP contribution >= 0.6 is 15.9 Å². The van der Waals surface area contributed by atoms with Crippen molar-refractivity contribution in [1.29, 1.82) is 0 Å². The van der Waals surface area contributed by atoms with Crippen LogP contribution in [0.2, 0.25) is 0 Å². The van der Waals surface area contributed by atoms with E-state index in [1.165, 1.54) is 46.8 Å². The molecule has 0 fully saturated rings. The molecule has 0 amide bonds. The van der Waals surface area contributed by atoms with Gasteiger partial charge in [-0.05, 0) is 96.6 Å². The van der Waals surface area contributed by atoms with Crippen LogP contribution in [0.1, 0.15) is 47.9 Å². The summed E-state index contributed by atoms with van der Waals surface area (Å²) in [6, 6.07) is 0. The van der Waals surface area contributed by atoms with Crippen LogP contribution in [0.5, 0.6) is 5.75 Å². The molecule has 0 spiro atoms. The number of benzene rings is 1. The molecule has 0 aromatic heterocycles. The Hall–Kier alpha value is -0.540. The van der Waals surface area contributed by atoms with Crippen molar-refractivity contribution < 1.29 is 4.74 Å². The summed E-state index contributed by atoms with van der Waals surface area (Å²) in [6.45, 7) is 3.03. The highest BCUT2D eigenvalue weighted by atomic mass is 79.9. The van der Waals surface area contributed by atoms with Gasteiger partial charge in [0.2, 0.25) is 0 Å². The normalized spacial score (nSPS) is 14.3. The van der Waals surface area contributed by atoms with E-state index in [-0.39, 0.29) is 0 Å². The number of fused-ring (bicyclic) bond motifs is 1. The first-order valence-electron chi connectivity index (χ1n) is 7.27. The second kappa shape index (κ2) is 6.76. The van der Waals surface area contributed by atoms with Gasteiger partial charge in [-0.1, -0.05) is 0 Å². The van der Waals surface area contributed by atoms with Crippen LogP contribution in [0, 0.1) is 6.92 Å². The van der Waals surface area contributed by atoms with Crippen LogP contribution in [-0.2, 0) is 19.3 Å². The summed E-state index contributed by atoms with van der Waals surface area (Å²) < 4.78 is 6.87. The molecule has 0 aliphatic heterocycles. The Labute approximate surface area is 124 Å². The molecular formula is C16H24BrNO. The van der Waals surface area contributed by atoms with Gasteiger partial charge in [-0.3, -0.25) is 0 Å². The molecule has 0 saturated carbocycles. The molecule has 0 unspecified atom stereocenters. The predicted octanol–water partition coefficient (Wildman–Crippen LogP) is 3.93. The molecule has 19 heavy (non-hydrogen) atoms. The minimum atomic E-state index is 0.771. The highest BCUT2D eigenvalue weighted by molar-refractivity contribution is 9.10. The Bertz CT molecular complexity index is 457. The monoisotopic (exact) mass is 325 g/mol. The maximum absolute atomic E-state index is 5.68. The lowest BCUT2D eigenvalue weighted by Gasteiger charge is -2.25. The Morgan fingerprint density at radius 2 is 1.84 bits per heavy atom. The molecule has 2 N–H and O–H groups in total. The van der Waals surface area contributed by atoms with Gasteiger partial charge < -0.3 is 10.5 Å². The molecule has 1 aliphatic carbocycles. The first-order valence-corrected chi connectivity index (χ1v) is 8.06. The maximum Gasteiger partial charge on any atom is 0.136 e. The highest BCUT2D eigenvalue weighted by Gasteiger charge is 2.22. The summed E-state index contributed by atoms with van der Waals surface area (Å²) in [5, 5.41) is 0. The zero-order valence-corrected chi connectivity index (χ0v) is 13.6. The molecule has 1 aromatic carbocycles. The van der Waals surface area contributed by atoms with E-state index >= 15 is 0 Å². The summed E-state index contributed by atoms with van der Waals surface area (Å²) in [4.78, 5) is 0. The van der Waals surface area contributed by atoms with Gasteiger partial charge in [0.25, 0.3) is 0 Å². The van der Waals surface area contributed by atoms with Gasteiger partial charge in [0, 0.05) is 0 Å². The Balaban J connectivity index is 2.42. The molecule has 0 saturated heterocycles. The number of hydrogen-bond acceptors (Lipinski definition) is 2. The highest BCUT2D eigenvalue weighted by Crippen LogP contribution is 2.41. The number of nitrogens with two attached hydrogens (primary N) is 1. The smallest absolute Gasteiger partial charge is 0.136 e. The van der Waals surface area contributed by atoms with Gasteiger partial charge in [0.05, 0.1) is 11.6 Å². The largest absolute Gasteiger partial charge is 0.495 e. The molecule has 106 valence electrons. The molecular weight excluding hydrogens is 302 g/mol. The summed E-state index contributed by atoms with van der Waals surface area (Å²) in [5.41, 5.74) is 11.5. The maximum atomic E-state index is 5.68. The van der Waals surface area contributed by atoms with Crippen LogP contribution in [-0.4, -0.2) is 13.7 Å². The van der Waals surface area contributed by atoms with Gasteiger partial charge in [0.15, 0.2) is 0 Å². The van der Waals surface area contributed by atoms with E-state index in [0.29, 0.717) is 0 Å². The number of ether oxygens (including phenoxy) is 1. The van der Waals surface area contributed by atoms with E-state index in [1.54, 1.807) is 12.7 Å². The van der Waals surface area contributed by atoms with Crippen molar-refractivity contribution in [1.82, 2.24) is 0 Å². The van der Waals surface area contributed by atoms with Gasteiger partial charge in [-0.2, -0.15) is 0 Å².